The molecule has 0 aromatic carbocycles. The Morgan fingerprint density at radius 1 is 1.07 bits per heavy atom. The van der Waals surface area contributed by atoms with Gasteiger partial charge in [-0.15, -0.1) is 0 Å². The lowest BCUT2D eigenvalue weighted by Gasteiger charge is -2.65. The molecule has 40 heavy (non-hydrogen) atoms. The summed E-state index contributed by atoms with van der Waals surface area (Å²) in [5, 5.41) is 54.9. The van der Waals surface area contributed by atoms with Gasteiger partial charge in [0.15, 0.2) is 6.29 Å². The number of aliphatic hydroxyl groups is 5. The maximum Gasteiger partial charge on any atom is 0.331 e. The lowest BCUT2D eigenvalue weighted by Crippen LogP contribution is -2.66. The van der Waals surface area contributed by atoms with Crippen LogP contribution >= 0.6 is 0 Å². The van der Waals surface area contributed by atoms with E-state index < -0.39 is 54.4 Å². The van der Waals surface area contributed by atoms with Crippen molar-refractivity contribution >= 4 is 5.97 Å². The van der Waals surface area contributed by atoms with Crippen molar-refractivity contribution in [1.29, 1.82) is 0 Å². The number of rotatable bonds is 5. The van der Waals surface area contributed by atoms with Crippen molar-refractivity contribution in [2.45, 2.75) is 114 Å². The zero-order valence-corrected chi connectivity index (χ0v) is 23.8. The predicted octanol–water partition coefficient (Wildman–Crippen LogP) is 1.05. The number of carbonyl (C=O) groups excluding carboxylic acids is 1. The Morgan fingerprint density at radius 2 is 1.85 bits per heavy atom. The van der Waals surface area contributed by atoms with E-state index in [-0.39, 0.29) is 47.8 Å². The van der Waals surface area contributed by atoms with Gasteiger partial charge in [-0.2, -0.15) is 0 Å². The highest BCUT2D eigenvalue weighted by atomic mass is 16.7. The molecule has 0 spiro atoms. The first kappa shape index (κ1) is 29.0. The standard InChI is InChI=1S/C30H46O10/c1-28-8-6-17(39-27-25(35)26(37-3)24(34)21(13-31)40-27)11-16(28)4-5-19-23(28)20(32)12-29(2)18(7-9-30(19,29)36)15-10-22(33)38-14-15/h10,16-21,23-27,31-32,34-36H,4-9,11-14H2,1-3H3. The van der Waals surface area contributed by atoms with Gasteiger partial charge in [0.2, 0.25) is 0 Å². The fraction of sp³-hybridized carbons (Fsp3) is 0.900. The second kappa shape index (κ2) is 10.3. The largest absolute Gasteiger partial charge is 0.458 e. The summed E-state index contributed by atoms with van der Waals surface area (Å²) in [6.45, 7) is 4.24. The van der Waals surface area contributed by atoms with E-state index in [1.807, 2.05) is 0 Å². The molecule has 14 atom stereocenters. The van der Waals surface area contributed by atoms with Gasteiger partial charge in [0.1, 0.15) is 31.0 Å². The Labute approximate surface area is 235 Å². The van der Waals surface area contributed by atoms with Crippen molar-refractivity contribution in [1.82, 2.24) is 0 Å². The van der Waals surface area contributed by atoms with Crippen LogP contribution in [-0.4, -0.2) is 100 Å². The Morgan fingerprint density at radius 3 is 2.52 bits per heavy atom. The Balaban J connectivity index is 1.18. The molecule has 0 bridgehead atoms. The Bertz CT molecular complexity index is 1020. The van der Waals surface area contributed by atoms with E-state index in [1.165, 1.54) is 7.11 Å². The summed E-state index contributed by atoms with van der Waals surface area (Å²) in [6, 6.07) is 0. The predicted molar refractivity (Wildman–Crippen MR) is 141 cm³/mol. The maximum atomic E-state index is 12.4. The van der Waals surface area contributed by atoms with E-state index in [0.29, 0.717) is 19.3 Å². The molecule has 5 N–H and O–H groups in total. The molecular formula is C30H46O10. The summed E-state index contributed by atoms with van der Waals surface area (Å²) in [7, 11) is 1.40. The quantitative estimate of drug-likeness (QED) is 0.241. The first-order valence-electron chi connectivity index (χ1n) is 15.0. The fourth-order valence-corrected chi connectivity index (χ4v) is 10.2. The van der Waals surface area contributed by atoms with Crippen LogP contribution in [0.2, 0.25) is 0 Å². The van der Waals surface area contributed by atoms with Crippen LogP contribution in [0.3, 0.4) is 0 Å². The normalized spacial score (nSPS) is 54.2. The zero-order chi connectivity index (χ0) is 28.6. The smallest absolute Gasteiger partial charge is 0.331 e. The Hall–Kier alpha value is -1.11. The summed E-state index contributed by atoms with van der Waals surface area (Å²) in [5.41, 5.74) is -0.652. The van der Waals surface area contributed by atoms with Crippen LogP contribution in [0.4, 0.5) is 0 Å². The topological polar surface area (TPSA) is 155 Å². The molecule has 5 fully saturated rings. The van der Waals surface area contributed by atoms with Crippen LogP contribution < -0.4 is 0 Å². The summed E-state index contributed by atoms with van der Waals surface area (Å²) < 4.78 is 22.5. The lowest BCUT2D eigenvalue weighted by atomic mass is 9.42. The second-order valence-electron chi connectivity index (χ2n) is 13.9. The average molecular weight is 567 g/mol. The third kappa shape index (κ3) is 4.16. The van der Waals surface area contributed by atoms with E-state index in [0.717, 1.165) is 37.7 Å². The molecule has 1 saturated heterocycles. The molecule has 2 heterocycles. The number of esters is 1. The highest BCUT2D eigenvalue weighted by molar-refractivity contribution is 5.85. The van der Waals surface area contributed by atoms with E-state index in [1.54, 1.807) is 6.08 Å². The van der Waals surface area contributed by atoms with E-state index in [9.17, 15) is 30.3 Å². The summed E-state index contributed by atoms with van der Waals surface area (Å²) >= 11 is 0. The zero-order valence-electron chi connectivity index (χ0n) is 23.8. The van der Waals surface area contributed by atoms with Crippen molar-refractivity contribution < 1.29 is 49.3 Å². The minimum absolute atomic E-state index is 0.0216. The highest BCUT2D eigenvalue weighted by Gasteiger charge is 2.70. The van der Waals surface area contributed by atoms with Gasteiger partial charge in [-0.1, -0.05) is 13.8 Å². The highest BCUT2D eigenvalue weighted by Crippen LogP contribution is 2.70. The third-order valence-electron chi connectivity index (χ3n) is 12.3. The number of methoxy groups -OCH3 is 1. The SMILES string of the molecule is COC1C(O)C(CO)OC(OC2CCC3(C)C(CCC4C3C(O)CC3(C)C(C5=CC(=O)OC5)CCC43O)C2)C1O. The van der Waals surface area contributed by atoms with Gasteiger partial charge in [-0.25, -0.2) is 4.79 Å². The molecule has 6 aliphatic rings. The monoisotopic (exact) mass is 566 g/mol. The van der Waals surface area contributed by atoms with Crippen molar-refractivity contribution in [3.63, 3.8) is 0 Å². The summed E-state index contributed by atoms with van der Waals surface area (Å²) in [4.78, 5) is 11.8. The van der Waals surface area contributed by atoms with Gasteiger partial charge in [-0.3, -0.25) is 0 Å². The number of fused-ring (bicyclic) bond motifs is 5. The molecule has 10 nitrogen and oxygen atoms in total. The molecule has 14 unspecified atom stereocenters. The van der Waals surface area contributed by atoms with Crippen molar-refractivity contribution in [3.05, 3.63) is 11.6 Å². The first-order valence-corrected chi connectivity index (χ1v) is 15.0. The minimum Gasteiger partial charge on any atom is -0.458 e. The van der Waals surface area contributed by atoms with Crippen molar-refractivity contribution in [3.8, 4) is 0 Å². The second-order valence-corrected chi connectivity index (χ2v) is 13.9. The molecule has 2 aliphatic heterocycles. The molecule has 4 aliphatic carbocycles. The van der Waals surface area contributed by atoms with Gasteiger partial charge < -0.3 is 44.5 Å². The minimum atomic E-state index is -1.19. The van der Waals surface area contributed by atoms with Crippen molar-refractivity contribution in [2.75, 3.05) is 20.3 Å². The lowest BCUT2D eigenvalue weighted by molar-refractivity contribution is -0.320. The van der Waals surface area contributed by atoms with E-state index >= 15 is 0 Å². The number of hydrogen-bond acceptors (Lipinski definition) is 10. The van der Waals surface area contributed by atoms with Crippen LogP contribution in [0.1, 0.15) is 65.2 Å². The Kier molecular flexibility index (Phi) is 7.43. The molecule has 10 heteroatoms. The molecule has 0 amide bonds. The molecule has 6 rings (SSSR count). The number of hydrogen-bond donors (Lipinski definition) is 5. The van der Waals surface area contributed by atoms with Crippen LogP contribution in [0.25, 0.3) is 0 Å². The van der Waals surface area contributed by atoms with Crippen LogP contribution in [0, 0.1) is 34.5 Å². The van der Waals surface area contributed by atoms with E-state index in [4.69, 9.17) is 18.9 Å². The van der Waals surface area contributed by atoms with Gasteiger partial charge in [0.25, 0.3) is 0 Å². The van der Waals surface area contributed by atoms with E-state index in [2.05, 4.69) is 13.8 Å². The van der Waals surface area contributed by atoms with Crippen molar-refractivity contribution in [2.24, 2.45) is 34.5 Å². The first-order chi connectivity index (χ1) is 19.0. The molecule has 226 valence electrons. The van der Waals surface area contributed by atoms with Crippen LogP contribution in [0.15, 0.2) is 11.6 Å². The molecule has 4 saturated carbocycles. The van der Waals surface area contributed by atoms with Gasteiger partial charge in [0, 0.05) is 18.6 Å². The molecule has 0 radical (unpaired) electrons. The van der Waals surface area contributed by atoms with Gasteiger partial charge in [0.05, 0.1) is 24.4 Å². The number of ether oxygens (including phenoxy) is 4. The number of carbonyl (C=O) groups is 1. The summed E-state index contributed by atoms with van der Waals surface area (Å²) in [6.07, 6.45) is 1.58. The number of cyclic esters (lactones) is 1. The molecular weight excluding hydrogens is 520 g/mol. The van der Waals surface area contributed by atoms with Gasteiger partial charge >= 0.3 is 5.97 Å². The summed E-state index contributed by atoms with van der Waals surface area (Å²) in [5.74, 6) is -0.0891. The molecule has 0 aromatic rings. The van der Waals surface area contributed by atoms with Crippen LogP contribution in [-0.2, 0) is 23.7 Å². The number of aliphatic hydroxyl groups excluding tert-OH is 4. The average Bonchev–Trinajstić information content (AvgIpc) is 3.45. The maximum absolute atomic E-state index is 12.4. The fourth-order valence-electron chi connectivity index (χ4n) is 10.2. The van der Waals surface area contributed by atoms with Gasteiger partial charge in [-0.05, 0) is 86.0 Å². The van der Waals surface area contributed by atoms with Crippen LogP contribution in [0.5, 0.6) is 0 Å². The third-order valence-corrected chi connectivity index (χ3v) is 12.3. The molecule has 0 aromatic heterocycles.